The summed E-state index contributed by atoms with van der Waals surface area (Å²) in [5.41, 5.74) is 1.09. The van der Waals surface area contributed by atoms with Gasteiger partial charge in [-0.15, -0.1) is 0 Å². The molecule has 0 radical (unpaired) electrons. The molecule has 1 aliphatic heterocycles. The second-order valence-electron chi connectivity index (χ2n) is 5.73. The highest BCUT2D eigenvalue weighted by atomic mass is 19.1. The Kier molecular flexibility index (Phi) is 4.45. The van der Waals surface area contributed by atoms with Gasteiger partial charge in [0.15, 0.2) is 0 Å². The minimum atomic E-state index is -0.888. The number of halogens is 1. The number of carboxylic acid groups (broad SMARTS) is 1. The normalized spacial score (nSPS) is 22.0. The number of aliphatic carboxylic acids is 1. The maximum atomic E-state index is 13.3. The average Bonchev–Trinajstić information content (AvgIpc) is 2.36. The lowest BCUT2D eigenvalue weighted by molar-refractivity contribution is -0.143. The number of carbonyl (C=O) groups is 2. The van der Waals surface area contributed by atoms with Crippen molar-refractivity contribution in [3.63, 3.8) is 0 Å². The molecule has 1 aromatic carbocycles. The molecular weight excluding hydrogens is 275 g/mol. The first-order valence-electron chi connectivity index (χ1n) is 6.91. The van der Waals surface area contributed by atoms with Crippen LogP contribution >= 0.6 is 0 Å². The van der Waals surface area contributed by atoms with Gasteiger partial charge in [0.25, 0.3) is 0 Å². The SMILES string of the molecule is Cc1cc(F)cc(NC(=O)N2CC(C)CC(C(=O)O)C2)c1. The molecule has 21 heavy (non-hydrogen) atoms. The van der Waals surface area contributed by atoms with Crippen LogP contribution in [0, 0.1) is 24.6 Å². The van der Waals surface area contributed by atoms with Crippen LogP contribution in [0.15, 0.2) is 18.2 Å². The van der Waals surface area contributed by atoms with E-state index in [1.807, 2.05) is 6.92 Å². The fourth-order valence-corrected chi connectivity index (χ4v) is 2.71. The van der Waals surface area contributed by atoms with Crippen LogP contribution in [-0.2, 0) is 4.79 Å². The van der Waals surface area contributed by atoms with Gasteiger partial charge < -0.3 is 15.3 Å². The van der Waals surface area contributed by atoms with E-state index in [2.05, 4.69) is 5.32 Å². The summed E-state index contributed by atoms with van der Waals surface area (Å²) in [4.78, 5) is 24.8. The zero-order chi connectivity index (χ0) is 15.6. The number of anilines is 1. The Labute approximate surface area is 122 Å². The smallest absolute Gasteiger partial charge is 0.321 e. The monoisotopic (exact) mass is 294 g/mol. The number of hydrogen-bond acceptors (Lipinski definition) is 2. The Morgan fingerprint density at radius 2 is 2.05 bits per heavy atom. The number of nitrogens with one attached hydrogen (secondary N) is 1. The van der Waals surface area contributed by atoms with E-state index in [1.54, 1.807) is 13.0 Å². The molecule has 5 nitrogen and oxygen atoms in total. The fraction of sp³-hybridized carbons (Fsp3) is 0.467. The Morgan fingerprint density at radius 3 is 2.67 bits per heavy atom. The summed E-state index contributed by atoms with van der Waals surface area (Å²) in [7, 11) is 0. The van der Waals surface area contributed by atoms with Gasteiger partial charge in [0.05, 0.1) is 5.92 Å². The molecule has 1 fully saturated rings. The third-order valence-electron chi connectivity index (χ3n) is 3.59. The summed E-state index contributed by atoms with van der Waals surface area (Å²) >= 11 is 0. The molecule has 2 rings (SSSR count). The average molecular weight is 294 g/mol. The highest BCUT2D eigenvalue weighted by molar-refractivity contribution is 5.89. The van der Waals surface area contributed by atoms with Gasteiger partial charge in [0.2, 0.25) is 0 Å². The number of carbonyl (C=O) groups excluding carboxylic acids is 1. The van der Waals surface area contributed by atoms with Crippen molar-refractivity contribution in [1.29, 1.82) is 0 Å². The van der Waals surface area contributed by atoms with Crippen molar-refractivity contribution in [2.75, 3.05) is 18.4 Å². The van der Waals surface area contributed by atoms with Gasteiger partial charge in [-0.3, -0.25) is 4.79 Å². The standard InChI is InChI=1S/C15H19FN2O3/c1-9-4-12(16)6-13(5-9)17-15(21)18-7-10(2)3-11(8-18)14(19)20/h4-6,10-11H,3,7-8H2,1-2H3,(H,17,21)(H,19,20). The molecule has 2 atom stereocenters. The van der Waals surface area contributed by atoms with Crippen LogP contribution in [0.3, 0.4) is 0 Å². The largest absolute Gasteiger partial charge is 0.481 e. The molecule has 1 aliphatic rings. The Hall–Kier alpha value is -2.11. The Morgan fingerprint density at radius 1 is 1.33 bits per heavy atom. The maximum absolute atomic E-state index is 13.3. The summed E-state index contributed by atoms with van der Waals surface area (Å²) in [6.07, 6.45) is 0.568. The van der Waals surface area contributed by atoms with Crippen molar-refractivity contribution < 1.29 is 19.1 Å². The van der Waals surface area contributed by atoms with Crippen molar-refractivity contribution in [3.05, 3.63) is 29.6 Å². The van der Waals surface area contributed by atoms with E-state index < -0.39 is 23.7 Å². The minimum Gasteiger partial charge on any atom is -0.481 e. The molecule has 0 spiro atoms. The molecule has 1 aromatic rings. The van der Waals surface area contributed by atoms with E-state index in [1.165, 1.54) is 17.0 Å². The Bertz CT molecular complexity index is 542. The molecule has 1 heterocycles. The van der Waals surface area contributed by atoms with Gasteiger partial charge in [-0.05, 0) is 43.0 Å². The molecule has 2 unspecified atom stereocenters. The maximum Gasteiger partial charge on any atom is 0.321 e. The highest BCUT2D eigenvalue weighted by Crippen LogP contribution is 2.23. The van der Waals surface area contributed by atoms with Gasteiger partial charge in [-0.1, -0.05) is 6.92 Å². The molecule has 1 saturated heterocycles. The van der Waals surface area contributed by atoms with Crippen LogP contribution in [0.4, 0.5) is 14.9 Å². The summed E-state index contributed by atoms with van der Waals surface area (Å²) in [6.45, 7) is 4.34. The fourth-order valence-electron chi connectivity index (χ4n) is 2.71. The first-order valence-corrected chi connectivity index (χ1v) is 6.91. The summed E-state index contributed by atoms with van der Waals surface area (Å²) < 4.78 is 13.3. The number of rotatable bonds is 2. The quantitative estimate of drug-likeness (QED) is 0.881. The van der Waals surface area contributed by atoms with Crippen molar-refractivity contribution in [2.45, 2.75) is 20.3 Å². The van der Waals surface area contributed by atoms with Crippen molar-refractivity contribution in [3.8, 4) is 0 Å². The van der Waals surface area contributed by atoms with E-state index in [0.29, 0.717) is 24.2 Å². The molecule has 0 bridgehead atoms. The summed E-state index contributed by atoms with van der Waals surface area (Å²) in [6, 6.07) is 3.90. The van der Waals surface area contributed by atoms with Gasteiger partial charge >= 0.3 is 12.0 Å². The molecular formula is C15H19FN2O3. The third-order valence-corrected chi connectivity index (χ3v) is 3.59. The molecule has 0 aromatic heterocycles. The van der Waals surface area contributed by atoms with Crippen LogP contribution in [0.25, 0.3) is 0 Å². The molecule has 6 heteroatoms. The van der Waals surface area contributed by atoms with Crippen LogP contribution in [-0.4, -0.2) is 35.1 Å². The molecule has 0 aliphatic carbocycles. The van der Waals surface area contributed by atoms with E-state index >= 15 is 0 Å². The number of urea groups is 1. The first-order chi connectivity index (χ1) is 9.85. The number of piperidine rings is 1. The minimum absolute atomic E-state index is 0.125. The van der Waals surface area contributed by atoms with Gasteiger partial charge in [-0.2, -0.15) is 0 Å². The number of hydrogen-bond donors (Lipinski definition) is 2. The number of amides is 2. The van der Waals surface area contributed by atoms with Crippen molar-refractivity contribution >= 4 is 17.7 Å². The number of nitrogens with zero attached hydrogens (tertiary/aromatic N) is 1. The first kappa shape index (κ1) is 15.3. The molecule has 2 N–H and O–H groups in total. The lowest BCUT2D eigenvalue weighted by Crippen LogP contribution is -2.47. The summed E-state index contributed by atoms with van der Waals surface area (Å²) in [5.74, 6) is -1.73. The van der Waals surface area contributed by atoms with E-state index in [4.69, 9.17) is 5.11 Å². The number of aryl methyl sites for hydroxylation is 1. The predicted octanol–water partition coefficient (Wildman–Crippen LogP) is 2.71. The van der Waals surface area contributed by atoms with Crippen molar-refractivity contribution in [2.24, 2.45) is 11.8 Å². The van der Waals surface area contributed by atoms with Crippen LogP contribution < -0.4 is 5.32 Å². The van der Waals surface area contributed by atoms with Crippen LogP contribution in [0.1, 0.15) is 18.9 Å². The second kappa shape index (κ2) is 6.11. The van der Waals surface area contributed by atoms with E-state index in [-0.39, 0.29) is 12.5 Å². The Balaban J connectivity index is 2.06. The van der Waals surface area contributed by atoms with Crippen LogP contribution in [0.2, 0.25) is 0 Å². The summed E-state index contributed by atoms with van der Waals surface area (Å²) in [5, 5.41) is 11.7. The van der Waals surface area contributed by atoms with Gasteiger partial charge in [0.1, 0.15) is 5.82 Å². The highest BCUT2D eigenvalue weighted by Gasteiger charge is 2.31. The van der Waals surface area contributed by atoms with Gasteiger partial charge in [0, 0.05) is 18.8 Å². The lowest BCUT2D eigenvalue weighted by Gasteiger charge is -2.34. The van der Waals surface area contributed by atoms with E-state index in [0.717, 1.165) is 0 Å². The number of carboxylic acids is 1. The van der Waals surface area contributed by atoms with E-state index in [9.17, 15) is 14.0 Å². The zero-order valence-corrected chi connectivity index (χ0v) is 12.1. The predicted molar refractivity (Wildman–Crippen MR) is 76.6 cm³/mol. The topological polar surface area (TPSA) is 69.6 Å². The van der Waals surface area contributed by atoms with Gasteiger partial charge in [-0.25, -0.2) is 9.18 Å². The molecule has 2 amide bonds. The molecule has 0 saturated carbocycles. The van der Waals surface area contributed by atoms with Crippen molar-refractivity contribution in [1.82, 2.24) is 4.90 Å². The second-order valence-corrected chi connectivity index (χ2v) is 5.73. The third kappa shape index (κ3) is 3.93. The number of benzene rings is 1. The number of likely N-dealkylation sites (tertiary alicyclic amines) is 1. The zero-order valence-electron chi connectivity index (χ0n) is 12.1. The van der Waals surface area contributed by atoms with Crippen LogP contribution in [0.5, 0.6) is 0 Å². The lowest BCUT2D eigenvalue weighted by atomic mass is 9.91. The molecule has 114 valence electrons.